The van der Waals surface area contributed by atoms with Crippen LogP contribution in [0.1, 0.15) is 5.56 Å². The standard InChI is InChI=1S/C21H18Cl2N2O3S/c22-16-6-10-18(11-7-16)24-21(26)20(14-15-4-2-1-3-5-15)25-29(27,28)19-12-8-17(23)9-13-19/h1-13,20,25H,14H2,(H,24,26)/t20-/m0/s1. The number of halogens is 2. The molecule has 0 fully saturated rings. The van der Waals surface area contributed by atoms with E-state index in [1.807, 2.05) is 30.3 Å². The predicted octanol–water partition coefficient (Wildman–Crippen LogP) is 4.52. The van der Waals surface area contributed by atoms with Gasteiger partial charge in [-0.3, -0.25) is 4.79 Å². The summed E-state index contributed by atoms with van der Waals surface area (Å²) in [5.41, 5.74) is 1.34. The molecule has 3 aromatic rings. The molecule has 0 aromatic heterocycles. The summed E-state index contributed by atoms with van der Waals surface area (Å²) in [4.78, 5) is 12.9. The van der Waals surface area contributed by atoms with Crippen LogP contribution < -0.4 is 10.0 Å². The highest BCUT2D eigenvalue weighted by Gasteiger charge is 2.26. The zero-order valence-corrected chi connectivity index (χ0v) is 17.5. The van der Waals surface area contributed by atoms with E-state index in [4.69, 9.17) is 23.2 Å². The van der Waals surface area contributed by atoms with Gasteiger partial charge in [0.15, 0.2) is 0 Å². The van der Waals surface area contributed by atoms with Crippen LogP contribution in [0.4, 0.5) is 5.69 Å². The zero-order chi connectivity index (χ0) is 20.9. The van der Waals surface area contributed by atoms with E-state index >= 15 is 0 Å². The third-order valence-electron chi connectivity index (χ3n) is 4.13. The lowest BCUT2D eigenvalue weighted by atomic mass is 10.1. The number of benzene rings is 3. The summed E-state index contributed by atoms with van der Waals surface area (Å²) in [5, 5.41) is 3.68. The molecule has 0 heterocycles. The highest BCUT2D eigenvalue weighted by Crippen LogP contribution is 2.17. The van der Waals surface area contributed by atoms with Crippen molar-refractivity contribution in [1.82, 2.24) is 4.72 Å². The summed E-state index contributed by atoms with van der Waals surface area (Å²) in [7, 11) is -3.93. The highest BCUT2D eigenvalue weighted by atomic mass is 35.5. The number of hydrogen-bond donors (Lipinski definition) is 2. The molecule has 0 saturated carbocycles. The van der Waals surface area contributed by atoms with Crippen LogP contribution in [-0.4, -0.2) is 20.4 Å². The lowest BCUT2D eigenvalue weighted by Gasteiger charge is -2.19. The fraction of sp³-hybridized carbons (Fsp3) is 0.0952. The molecule has 5 nitrogen and oxygen atoms in total. The van der Waals surface area contributed by atoms with Crippen molar-refractivity contribution in [2.24, 2.45) is 0 Å². The van der Waals surface area contributed by atoms with E-state index in [2.05, 4.69) is 10.0 Å². The van der Waals surface area contributed by atoms with Crippen LogP contribution in [0.3, 0.4) is 0 Å². The Labute approximate surface area is 179 Å². The number of nitrogens with one attached hydrogen (secondary N) is 2. The van der Waals surface area contributed by atoms with Crippen LogP contribution in [0, 0.1) is 0 Å². The van der Waals surface area contributed by atoms with Crippen LogP contribution in [0.2, 0.25) is 10.0 Å². The molecule has 0 aliphatic heterocycles. The van der Waals surface area contributed by atoms with E-state index in [-0.39, 0.29) is 11.3 Å². The second-order valence-electron chi connectivity index (χ2n) is 6.31. The first-order chi connectivity index (χ1) is 13.8. The van der Waals surface area contributed by atoms with Gasteiger partial charge in [0.25, 0.3) is 0 Å². The molecular weight excluding hydrogens is 431 g/mol. The summed E-state index contributed by atoms with van der Waals surface area (Å²) < 4.78 is 28.1. The number of carbonyl (C=O) groups excluding carboxylic acids is 1. The molecule has 0 unspecified atom stereocenters. The lowest BCUT2D eigenvalue weighted by molar-refractivity contribution is -0.117. The molecule has 0 bridgehead atoms. The smallest absolute Gasteiger partial charge is 0.242 e. The largest absolute Gasteiger partial charge is 0.325 e. The van der Waals surface area contributed by atoms with Crippen molar-refractivity contribution in [2.75, 3.05) is 5.32 Å². The minimum atomic E-state index is -3.93. The minimum absolute atomic E-state index is 0.0271. The monoisotopic (exact) mass is 448 g/mol. The highest BCUT2D eigenvalue weighted by molar-refractivity contribution is 7.89. The van der Waals surface area contributed by atoms with Crippen molar-refractivity contribution >= 4 is 44.8 Å². The van der Waals surface area contributed by atoms with Gasteiger partial charge in [-0.05, 0) is 60.5 Å². The van der Waals surface area contributed by atoms with Gasteiger partial charge in [-0.25, -0.2) is 8.42 Å². The number of rotatable bonds is 7. The van der Waals surface area contributed by atoms with Gasteiger partial charge in [0.05, 0.1) is 4.90 Å². The van der Waals surface area contributed by atoms with Crippen LogP contribution in [0.25, 0.3) is 0 Å². The molecule has 2 N–H and O–H groups in total. The number of carbonyl (C=O) groups is 1. The fourth-order valence-corrected chi connectivity index (χ4v) is 4.12. The maximum absolute atomic E-state index is 12.9. The summed E-state index contributed by atoms with van der Waals surface area (Å²) >= 11 is 11.7. The van der Waals surface area contributed by atoms with Crippen molar-refractivity contribution < 1.29 is 13.2 Å². The van der Waals surface area contributed by atoms with E-state index < -0.39 is 22.0 Å². The Morgan fingerprint density at radius 3 is 1.97 bits per heavy atom. The zero-order valence-electron chi connectivity index (χ0n) is 15.2. The predicted molar refractivity (Wildman–Crippen MR) is 116 cm³/mol. The van der Waals surface area contributed by atoms with Crippen molar-refractivity contribution in [3.63, 3.8) is 0 Å². The molecule has 3 rings (SSSR count). The van der Waals surface area contributed by atoms with Crippen LogP contribution in [-0.2, 0) is 21.2 Å². The summed E-state index contributed by atoms with van der Waals surface area (Å²) in [6, 6.07) is 20.5. The Balaban J connectivity index is 1.84. The second-order valence-corrected chi connectivity index (χ2v) is 8.90. The molecule has 0 aliphatic rings. The molecule has 0 radical (unpaired) electrons. The Morgan fingerprint density at radius 2 is 1.38 bits per heavy atom. The number of sulfonamides is 1. The van der Waals surface area contributed by atoms with Crippen molar-refractivity contribution in [2.45, 2.75) is 17.4 Å². The molecule has 0 saturated heterocycles. The van der Waals surface area contributed by atoms with Crippen molar-refractivity contribution in [3.05, 3.63) is 94.5 Å². The van der Waals surface area contributed by atoms with E-state index in [1.165, 1.54) is 24.3 Å². The fourth-order valence-electron chi connectivity index (χ4n) is 2.67. The third-order valence-corrected chi connectivity index (χ3v) is 6.12. The molecule has 3 aromatic carbocycles. The molecule has 0 spiro atoms. The van der Waals surface area contributed by atoms with Gasteiger partial charge in [0.2, 0.25) is 15.9 Å². The van der Waals surface area contributed by atoms with E-state index in [0.29, 0.717) is 15.7 Å². The quantitative estimate of drug-likeness (QED) is 0.557. The lowest BCUT2D eigenvalue weighted by Crippen LogP contribution is -2.45. The summed E-state index contributed by atoms with van der Waals surface area (Å²) in [6.07, 6.45) is 0.188. The maximum atomic E-state index is 12.9. The van der Waals surface area contributed by atoms with Gasteiger partial charge in [-0.2, -0.15) is 4.72 Å². The summed E-state index contributed by atoms with van der Waals surface area (Å²) in [6.45, 7) is 0. The number of amides is 1. The average Bonchev–Trinajstić information content (AvgIpc) is 2.70. The maximum Gasteiger partial charge on any atom is 0.242 e. The van der Waals surface area contributed by atoms with Crippen LogP contribution in [0.15, 0.2) is 83.8 Å². The van der Waals surface area contributed by atoms with Crippen molar-refractivity contribution in [1.29, 1.82) is 0 Å². The Morgan fingerprint density at radius 1 is 0.828 bits per heavy atom. The normalized spacial score (nSPS) is 12.3. The van der Waals surface area contributed by atoms with E-state index in [1.54, 1.807) is 24.3 Å². The molecule has 150 valence electrons. The average molecular weight is 449 g/mol. The molecule has 1 amide bonds. The van der Waals surface area contributed by atoms with Gasteiger partial charge < -0.3 is 5.32 Å². The van der Waals surface area contributed by atoms with Gasteiger partial charge in [0.1, 0.15) is 6.04 Å². The molecule has 0 aliphatic carbocycles. The molecule has 1 atom stereocenters. The van der Waals surface area contributed by atoms with Gasteiger partial charge >= 0.3 is 0 Å². The van der Waals surface area contributed by atoms with Gasteiger partial charge in [-0.15, -0.1) is 0 Å². The topological polar surface area (TPSA) is 75.3 Å². The van der Waals surface area contributed by atoms with Gasteiger partial charge in [0, 0.05) is 15.7 Å². The SMILES string of the molecule is O=C(Nc1ccc(Cl)cc1)[C@H](Cc1ccccc1)NS(=O)(=O)c1ccc(Cl)cc1. The van der Waals surface area contributed by atoms with E-state index in [0.717, 1.165) is 5.56 Å². The molecule has 29 heavy (non-hydrogen) atoms. The Bertz CT molecular complexity index is 1070. The van der Waals surface area contributed by atoms with Gasteiger partial charge in [-0.1, -0.05) is 53.5 Å². The number of hydrogen-bond acceptors (Lipinski definition) is 3. The first-order valence-corrected chi connectivity index (χ1v) is 11.0. The molecule has 8 heteroatoms. The van der Waals surface area contributed by atoms with E-state index in [9.17, 15) is 13.2 Å². The molecular formula is C21H18Cl2N2O3S. The first-order valence-electron chi connectivity index (χ1n) is 8.72. The minimum Gasteiger partial charge on any atom is -0.325 e. The third kappa shape index (κ3) is 6.05. The van der Waals surface area contributed by atoms with Crippen LogP contribution >= 0.6 is 23.2 Å². The van der Waals surface area contributed by atoms with Crippen molar-refractivity contribution in [3.8, 4) is 0 Å². The summed E-state index contributed by atoms with van der Waals surface area (Å²) in [5.74, 6) is -0.478. The number of anilines is 1. The Kier molecular flexibility index (Phi) is 6.92. The first kappa shape index (κ1) is 21.3. The second kappa shape index (κ2) is 9.41. The Hall–Kier alpha value is -2.38. The van der Waals surface area contributed by atoms with Crippen LogP contribution in [0.5, 0.6) is 0 Å².